The van der Waals surface area contributed by atoms with Crippen LogP contribution in [0.2, 0.25) is 0 Å². The van der Waals surface area contributed by atoms with E-state index in [9.17, 15) is 27.9 Å². The summed E-state index contributed by atoms with van der Waals surface area (Å²) in [5, 5.41) is 16.3. The summed E-state index contributed by atoms with van der Waals surface area (Å²) in [6.07, 6.45) is -1.86. The molecule has 2 N–H and O–H groups in total. The summed E-state index contributed by atoms with van der Waals surface area (Å²) < 4.78 is 45.4. The zero-order chi connectivity index (χ0) is 22.2. The fourth-order valence-corrected chi connectivity index (χ4v) is 3.43. The zero-order valence-electron chi connectivity index (χ0n) is 16.0. The summed E-state index contributed by atoms with van der Waals surface area (Å²) in [5.74, 6) is -2.10. The number of ether oxygens (including phenoxy) is 1. The Morgan fingerprint density at radius 2 is 1.94 bits per heavy atom. The van der Waals surface area contributed by atoms with E-state index in [4.69, 9.17) is 4.74 Å². The first-order chi connectivity index (χ1) is 14.7. The first kappa shape index (κ1) is 20.8. The number of carboxylic acids is 1. The predicted octanol–water partition coefficient (Wildman–Crippen LogP) is 3.59. The van der Waals surface area contributed by atoms with Gasteiger partial charge < -0.3 is 15.2 Å². The molecule has 0 aromatic carbocycles. The van der Waals surface area contributed by atoms with Crippen LogP contribution in [0, 0.1) is 0 Å². The highest BCUT2D eigenvalue weighted by Crippen LogP contribution is 2.29. The molecule has 1 saturated heterocycles. The molecule has 0 atom stereocenters. The standard InChI is InChI=1S/C20H17F3N4O4/c21-20(22,23)17-3-1-2-14(24-17)18(28)25-16-9-12-8-15(11-4-6-31-7-5-11)26-27(12)10-13(16)19(29)30/h1-3,8-11H,4-7H2,(H,25,28)(H,29,30). The molecule has 8 nitrogen and oxygen atoms in total. The van der Waals surface area contributed by atoms with E-state index >= 15 is 0 Å². The minimum absolute atomic E-state index is 0.0670. The van der Waals surface area contributed by atoms with Gasteiger partial charge in [-0.3, -0.25) is 4.79 Å². The second-order valence-corrected chi connectivity index (χ2v) is 7.09. The van der Waals surface area contributed by atoms with Gasteiger partial charge in [0.1, 0.15) is 17.0 Å². The van der Waals surface area contributed by atoms with Crippen LogP contribution in [-0.4, -0.2) is 44.8 Å². The number of halogens is 3. The van der Waals surface area contributed by atoms with Crippen molar-refractivity contribution < 1.29 is 32.6 Å². The van der Waals surface area contributed by atoms with Gasteiger partial charge in [0, 0.05) is 25.3 Å². The molecule has 162 valence electrons. The van der Waals surface area contributed by atoms with Crippen molar-refractivity contribution in [2.24, 2.45) is 0 Å². The molecule has 3 aromatic rings. The predicted molar refractivity (Wildman–Crippen MR) is 102 cm³/mol. The SMILES string of the molecule is O=C(Nc1cc2cc(C3CCOCC3)nn2cc1C(=O)O)c1cccc(C(F)(F)F)n1. The minimum Gasteiger partial charge on any atom is -0.478 e. The fraction of sp³-hybridized carbons (Fsp3) is 0.300. The highest BCUT2D eigenvalue weighted by atomic mass is 19.4. The van der Waals surface area contributed by atoms with Gasteiger partial charge in [-0.15, -0.1) is 0 Å². The number of anilines is 1. The Hall–Kier alpha value is -3.47. The number of pyridine rings is 2. The number of nitrogens with zero attached hydrogens (tertiary/aromatic N) is 3. The number of hydrogen-bond donors (Lipinski definition) is 2. The Balaban J connectivity index is 1.66. The maximum absolute atomic E-state index is 12.9. The Kier molecular flexibility index (Phi) is 5.36. The number of fused-ring (bicyclic) bond motifs is 1. The number of aromatic carboxylic acids is 1. The quantitative estimate of drug-likeness (QED) is 0.650. The monoisotopic (exact) mass is 434 g/mol. The van der Waals surface area contributed by atoms with E-state index in [1.165, 1.54) is 16.8 Å². The Bertz CT molecular complexity index is 1150. The lowest BCUT2D eigenvalue weighted by atomic mass is 9.97. The first-order valence-corrected chi connectivity index (χ1v) is 9.42. The second kappa shape index (κ2) is 7.99. The van der Waals surface area contributed by atoms with Gasteiger partial charge in [0.2, 0.25) is 0 Å². The van der Waals surface area contributed by atoms with Gasteiger partial charge in [0.05, 0.1) is 16.9 Å². The highest BCUT2D eigenvalue weighted by molar-refractivity contribution is 6.07. The van der Waals surface area contributed by atoms with Gasteiger partial charge in [-0.25, -0.2) is 14.3 Å². The van der Waals surface area contributed by atoms with E-state index < -0.39 is 29.4 Å². The summed E-state index contributed by atoms with van der Waals surface area (Å²) >= 11 is 0. The maximum atomic E-state index is 12.9. The van der Waals surface area contributed by atoms with Crippen molar-refractivity contribution >= 4 is 23.1 Å². The van der Waals surface area contributed by atoms with Gasteiger partial charge in [0.15, 0.2) is 0 Å². The van der Waals surface area contributed by atoms with Crippen LogP contribution >= 0.6 is 0 Å². The number of alkyl halides is 3. The van der Waals surface area contributed by atoms with Gasteiger partial charge in [-0.2, -0.15) is 18.3 Å². The normalized spacial score (nSPS) is 15.2. The average Bonchev–Trinajstić information content (AvgIpc) is 3.16. The molecule has 0 saturated carbocycles. The van der Waals surface area contributed by atoms with Crippen LogP contribution in [0.3, 0.4) is 0 Å². The maximum Gasteiger partial charge on any atom is 0.433 e. The third-order valence-electron chi connectivity index (χ3n) is 5.01. The summed E-state index contributed by atoms with van der Waals surface area (Å²) in [5.41, 5.74) is -0.702. The Morgan fingerprint density at radius 3 is 2.61 bits per heavy atom. The van der Waals surface area contributed by atoms with E-state index in [2.05, 4.69) is 15.4 Å². The third-order valence-corrected chi connectivity index (χ3v) is 5.01. The van der Waals surface area contributed by atoms with Crippen LogP contribution < -0.4 is 5.32 Å². The first-order valence-electron chi connectivity index (χ1n) is 9.42. The fourth-order valence-electron chi connectivity index (χ4n) is 3.43. The second-order valence-electron chi connectivity index (χ2n) is 7.09. The zero-order valence-corrected chi connectivity index (χ0v) is 16.0. The van der Waals surface area contributed by atoms with Crippen molar-refractivity contribution in [1.29, 1.82) is 0 Å². The summed E-state index contributed by atoms with van der Waals surface area (Å²) in [6.45, 7) is 1.23. The topological polar surface area (TPSA) is 106 Å². The largest absolute Gasteiger partial charge is 0.478 e. The number of hydrogen-bond acceptors (Lipinski definition) is 5. The number of carbonyl (C=O) groups excluding carboxylic acids is 1. The number of carbonyl (C=O) groups is 2. The van der Waals surface area contributed by atoms with Gasteiger partial charge >= 0.3 is 12.1 Å². The Morgan fingerprint density at radius 1 is 1.19 bits per heavy atom. The lowest BCUT2D eigenvalue weighted by molar-refractivity contribution is -0.141. The lowest BCUT2D eigenvalue weighted by Gasteiger charge is -2.19. The number of aromatic nitrogens is 3. The molecule has 1 aliphatic heterocycles. The summed E-state index contributed by atoms with van der Waals surface area (Å²) in [7, 11) is 0. The van der Waals surface area contributed by atoms with Crippen LogP contribution in [0.15, 0.2) is 36.5 Å². The van der Waals surface area contributed by atoms with Crippen molar-refractivity contribution in [2.75, 3.05) is 18.5 Å². The summed E-state index contributed by atoms with van der Waals surface area (Å²) in [6, 6.07) is 6.13. The van der Waals surface area contributed by atoms with Crippen LogP contribution in [0.25, 0.3) is 5.52 Å². The minimum atomic E-state index is -4.71. The van der Waals surface area contributed by atoms with Gasteiger partial charge in [-0.05, 0) is 37.1 Å². The van der Waals surface area contributed by atoms with Crippen LogP contribution in [0.4, 0.5) is 18.9 Å². The van der Waals surface area contributed by atoms with Crippen molar-refractivity contribution in [3.63, 3.8) is 0 Å². The van der Waals surface area contributed by atoms with Crippen molar-refractivity contribution in [2.45, 2.75) is 24.9 Å². The van der Waals surface area contributed by atoms with Crippen LogP contribution in [0.1, 0.15) is 51.0 Å². The van der Waals surface area contributed by atoms with Crippen molar-refractivity contribution in [3.8, 4) is 0 Å². The molecule has 4 rings (SSSR count). The van der Waals surface area contributed by atoms with Gasteiger partial charge in [0.25, 0.3) is 5.91 Å². The molecule has 1 amide bonds. The number of nitrogens with one attached hydrogen (secondary N) is 1. The van der Waals surface area contributed by atoms with E-state index in [0.29, 0.717) is 18.7 Å². The van der Waals surface area contributed by atoms with Crippen molar-refractivity contribution in [3.05, 3.63) is 59.2 Å². The molecule has 0 spiro atoms. The molecular weight excluding hydrogens is 417 g/mol. The molecular formula is C20H17F3N4O4. The van der Waals surface area contributed by atoms with Crippen LogP contribution in [0.5, 0.6) is 0 Å². The molecule has 3 aromatic heterocycles. The van der Waals surface area contributed by atoms with E-state index in [0.717, 1.165) is 36.7 Å². The van der Waals surface area contributed by atoms with Crippen LogP contribution in [-0.2, 0) is 10.9 Å². The molecule has 0 bridgehead atoms. The molecule has 0 unspecified atom stereocenters. The van der Waals surface area contributed by atoms with E-state index in [1.807, 2.05) is 0 Å². The molecule has 1 aliphatic rings. The lowest BCUT2D eigenvalue weighted by Crippen LogP contribution is -2.19. The molecule has 4 heterocycles. The summed E-state index contributed by atoms with van der Waals surface area (Å²) in [4.78, 5) is 27.5. The number of rotatable bonds is 4. The molecule has 0 aliphatic carbocycles. The van der Waals surface area contributed by atoms with E-state index in [1.54, 1.807) is 6.07 Å². The third kappa shape index (κ3) is 4.36. The molecule has 31 heavy (non-hydrogen) atoms. The van der Waals surface area contributed by atoms with E-state index in [-0.39, 0.29) is 17.2 Å². The molecule has 0 radical (unpaired) electrons. The molecule has 11 heteroatoms. The molecule has 1 fully saturated rings. The number of amides is 1. The number of carboxylic acid groups (broad SMARTS) is 1. The average molecular weight is 434 g/mol. The van der Waals surface area contributed by atoms with Crippen molar-refractivity contribution in [1.82, 2.24) is 14.6 Å². The van der Waals surface area contributed by atoms with Gasteiger partial charge in [-0.1, -0.05) is 6.07 Å². The highest BCUT2D eigenvalue weighted by Gasteiger charge is 2.33. The smallest absolute Gasteiger partial charge is 0.433 e. The Labute approximate surface area is 173 Å².